The summed E-state index contributed by atoms with van der Waals surface area (Å²) in [7, 11) is 0. The van der Waals surface area contributed by atoms with Gasteiger partial charge in [-0.25, -0.2) is 4.68 Å². The highest BCUT2D eigenvalue weighted by molar-refractivity contribution is 5.93. The number of halogens is 3. The molecule has 0 radical (unpaired) electrons. The van der Waals surface area contributed by atoms with E-state index in [-0.39, 0.29) is 30.0 Å². The molecule has 2 N–H and O–H groups in total. The van der Waals surface area contributed by atoms with Crippen LogP contribution in [0.25, 0.3) is 0 Å². The van der Waals surface area contributed by atoms with Crippen LogP contribution < -0.4 is 10.6 Å². The lowest BCUT2D eigenvalue weighted by Crippen LogP contribution is -2.39. The number of alkyl halides is 3. The number of hydrogen-bond donors (Lipinski definition) is 2. The molecule has 154 valence electrons. The number of aryl methyl sites for hydroxylation is 2. The molecule has 3 rings (SSSR count). The van der Waals surface area contributed by atoms with E-state index in [1.165, 1.54) is 6.07 Å². The third-order valence-electron chi connectivity index (χ3n) is 4.92. The summed E-state index contributed by atoms with van der Waals surface area (Å²) in [6, 6.07) is 1.01. The minimum absolute atomic E-state index is 0.0336. The predicted molar refractivity (Wildman–Crippen MR) is 98.3 cm³/mol. The maximum absolute atomic E-state index is 13.4. The van der Waals surface area contributed by atoms with Crippen molar-refractivity contribution in [3.8, 4) is 0 Å². The lowest BCUT2D eigenvalue weighted by Gasteiger charge is -2.32. The second-order valence-corrected chi connectivity index (χ2v) is 7.39. The Kier molecular flexibility index (Phi) is 5.40. The van der Waals surface area contributed by atoms with Crippen LogP contribution in [-0.2, 0) is 6.54 Å². The zero-order valence-corrected chi connectivity index (χ0v) is 16.3. The van der Waals surface area contributed by atoms with E-state index in [0.717, 1.165) is 16.1 Å². The van der Waals surface area contributed by atoms with Crippen molar-refractivity contribution in [1.29, 1.82) is 0 Å². The molecule has 2 aromatic heterocycles. The van der Waals surface area contributed by atoms with Gasteiger partial charge in [0.05, 0.1) is 12.2 Å². The summed E-state index contributed by atoms with van der Waals surface area (Å²) in [5.41, 5.74) is 1.82. The van der Waals surface area contributed by atoms with Crippen LogP contribution in [0.3, 0.4) is 0 Å². The van der Waals surface area contributed by atoms with Crippen LogP contribution in [0.1, 0.15) is 54.6 Å². The number of hydrogen-bond acceptors (Lipinski definition) is 4. The van der Waals surface area contributed by atoms with Gasteiger partial charge in [-0.3, -0.25) is 9.48 Å². The summed E-state index contributed by atoms with van der Waals surface area (Å²) in [6.07, 6.45) is -3.98. The monoisotopic (exact) mass is 398 g/mol. The summed E-state index contributed by atoms with van der Waals surface area (Å²) in [6.45, 7) is 7.90. The van der Waals surface area contributed by atoms with Gasteiger partial charge in [0.1, 0.15) is 5.82 Å². The number of anilines is 1. The Labute approximate surface area is 161 Å². The Bertz CT molecular complexity index is 856. The molecule has 0 aliphatic carbocycles. The third-order valence-corrected chi connectivity index (χ3v) is 4.92. The van der Waals surface area contributed by atoms with Crippen LogP contribution in [0.2, 0.25) is 0 Å². The molecule has 3 heterocycles. The molecule has 2 aromatic rings. The van der Waals surface area contributed by atoms with E-state index >= 15 is 0 Å². The van der Waals surface area contributed by atoms with Crippen LogP contribution in [0.4, 0.5) is 19.0 Å². The van der Waals surface area contributed by atoms with Crippen molar-refractivity contribution < 1.29 is 18.0 Å². The maximum atomic E-state index is 13.4. The molecular formula is C18H25F3N6O. The molecule has 28 heavy (non-hydrogen) atoms. The van der Waals surface area contributed by atoms with Gasteiger partial charge < -0.3 is 10.6 Å². The third kappa shape index (κ3) is 4.15. The molecule has 0 bridgehead atoms. The van der Waals surface area contributed by atoms with Gasteiger partial charge >= 0.3 is 6.18 Å². The second-order valence-electron chi connectivity index (χ2n) is 7.39. The highest BCUT2D eigenvalue weighted by atomic mass is 19.4. The lowest BCUT2D eigenvalue weighted by atomic mass is 10.0. The van der Waals surface area contributed by atoms with Crippen molar-refractivity contribution in [2.75, 3.05) is 5.32 Å². The van der Waals surface area contributed by atoms with E-state index in [0.29, 0.717) is 13.0 Å². The van der Waals surface area contributed by atoms with Crippen molar-refractivity contribution in [2.24, 2.45) is 0 Å². The van der Waals surface area contributed by atoms with E-state index in [2.05, 4.69) is 20.8 Å². The molecule has 0 fully saturated rings. The number of rotatable bonds is 5. The minimum Gasteiger partial charge on any atom is -0.367 e. The van der Waals surface area contributed by atoms with Crippen LogP contribution >= 0.6 is 0 Å². The summed E-state index contributed by atoms with van der Waals surface area (Å²) >= 11 is 0. The largest absolute Gasteiger partial charge is 0.410 e. The quantitative estimate of drug-likeness (QED) is 0.811. The first-order valence-electron chi connectivity index (χ1n) is 9.33. The maximum Gasteiger partial charge on any atom is 0.410 e. The second kappa shape index (κ2) is 7.48. The lowest BCUT2D eigenvalue weighted by molar-refractivity contribution is -0.173. The number of carbonyl (C=O) groups is 1. The van der Waals surface area contributed by atoms with Crippen molar-refractivity contribution >= 4 is 11.7 Å². The number of aromatic nitrogens is 4. The molecule has 1 aliphatic heterocycles. The zero-order valence-electron chi connectivity index (χ0n) is 16.3. The Morgan fingerprint density at radius 1 is 1.36 bits per heavy atom. The van der Waals surface area contributed by atoms with Gasteiger partial charge in [0, 0.05) is 23.8 Å². The van der Waals surface area contributed by atoms with Crippen molar-refractivity contribution in [2.45, 2.75) is 71.4 Å². The first kappa shape index (κ1) is 20.2. The molecule has 10 heteroatoms. The van der Waals surface area contributed by atoms with Crippen LogP contribution in [0, 0.1) is 13.8 Å². The summed E-state index contributed by atoms with van der Waals surface area (Å²) in [5, 5.41) is 14.1. The standard InChI is InChI=1S/C18H25F3N6O/c1-5-13-7-15(18(19,20)21)27-16(23-13)8-14(25-27)17(28)22-11(3)9-26-12(4)6-10(2)24-26/h6,8,11,13,15,23H,5,7,9H2,1-4H3,(H,22,28)/t11?,13-,15-/m1/s1. The molecule has 3 atom stereocenters. The Morgan fingerprint density at radius 3 is 2.64 bits per heavy atom. The van der Waals surface area contributed by atoms with Crippen LogP contribution in [0.5, 0.6) is 0 Å². The van der Waals surface area contributed by atoms with Gasteiger partial charge in [-0.15, -0.1) is 0 Å². The first-order valence-corrected chi connectivity index (χ1v) is 9.33. The number of carbonyl (C=O) groups excluding carboxylic acids is 1. The number of amides is 1. The molecular weight excluding hydrogens is 373 g/mol. The minimum atomic E-state index is -4.42. The normalized spacial score (nSPS) is 20.4. The fourth-order valence-corrected chi connectivity index (χ4v) is 3.49. The summed E-state index contributed by atoms with van der Waals surface area (Å²) < 4.78 is 43.0. The summed E-state index contributed by atoms with van der Waals surface area (Å²) in [4.78, 5) is 12.5. The molecule has 1 aliphatic rings. The van der Waals surface area contributed by atoms with Gasteiger partial charge in [0.2, 0.25) is 0 Å². The SMILES string of the molecule is CC[C@@H]1C[C@H](C(F)(F)F)n2nc(C(=O)NC(C)Cn3nc(C)cc3C)cc2N1. The topological polar surface area (TPSA) is 76.8 Å². The van der Waals surface area contributed by atoms with E-state index < -0.39 is 18.1 Å². The van der Waals surface area contributed by atoms with Crippen LogP contribution in [0.15, 0.2) is 12.1 Å². The van der Waals surface area contributed by atoms with Crippen LogP contribution in [-0.4, -0.2) is 43.7 Å². The Hall–Kier alpha value is -2.52. The highest BCUT2D eigenvalue weighted by Gasteiger charge is 2.46. The Morgan fingerprint density at radius 2 is 2.07 bits per heavy atom. The number of nitrogens with zero attached hydrogens (tertiary/aromatic N) is 4. The Balaban J connectivity index is 1.74. The van der Waals surface area contributed by atoms with Crippen molar-refractivity contribution in [3.05, 3.63) is 29.2 Å². The number of nitrogens with one attached hydrogen (secondary N) is 2. The van der Waals surface area contributed by atoms with E-state index in [1.807, 2.05) is 33.8 Å². The number of fused-ring (bicyclic) bond motifs is 1. The molecule has 0 saturated heterocycles. The average Bonchev–Trinajstić information content (AvgIpc) is 3.15. The van der Waals surface area contributed by atoms with Crippen molar-refractivity contribution in [3.63, 3.8) is 0 Å². The highest BCUT2D eigenvalue weighted by Crippen LogP contribution is 2.39. The fourth-order valence-electron chi connectivity index (χ4n) is 3.49. The molecule has 7 nitrogen and oxygen atoms in total. The van der Waals surface area contributed by atoms with E-state index in [9.17, 15) is 18.0 Å². The smallest absolute Gasteiger partial charge is 0.367 e. The fraction of sp³-hybridized carbons (Fsp3) is 0.611. The molecule has 1 amide bonds. The van der Waals surface area contributed by atoms with Gasteiger partial charge in [0.25, 0.3) is 5.91 Å². The molecule has 0 spiro atoms. The zero-order chi connectivity index (χ0) is 20.6. The molecule has 0 aromatic carbocycles. The first-order chi connectivity index (χ1) is 13.1. The van der Waals surface area contributed by atoms with E-state index in [1.54, 1.807) is 4.68 Å². The van der Waals surface area contributed by atoms with Gasteiger partial charge in [-0.1, -0.05) is 6.92 Å². The average molecular weight is 398 g/mol. The molecule has 1 unspecified atom stereocenters. The van der Waals surface area contributed by atoms with Gasteiger partial charge in [-0.2, -0.15) is 23.4 Å². The van der Waals surface area contributed by atoms with Crippen molar-refractivity contribution in [1.82, 2.24) is 24.9 Å². The van der Waals surface area contributed by atoms with Gasteiger partial charge in [-0.05, 0) is 39.7 Å². The van der Waals surface area contributed by atoms with E-state index in [4.69, 9.17) is 0 Å². The predicted octanol–water partition coefficient (Wildman–Crippen LogP) is 3.21. The van der Waals surface area contributed by atoms with Gasteiger partial charge in [0.15, 0.2) is 11.7 Å². The molecule has 0 saturated carbocycles. The summed E-state index contributed by atoms with van der Waals surface area (Å²) in [5.74, 6) is -0.288.